The van der Waals surface area contributed by atoms with Gasteiger partial charge in [-0.15, -0.1) is 11.3 Å². The number of aromatic nitrogens is 5. The number of fused-ring (bicyclic) bond motifs is 11. The van der Waals surface area contributed by atoms with Crippen LogP contribution in [0.3, 0.4) is 0 Å². The van der Waals surface area contributed by atoms with Crippen LogP contribution in [0.1, 0.15) is 0 Å². The van der Waals surface area contributed by atoms with Crippen LogP contribution in [0.4, 0.5) is 0 Å². The molecule has 0 unspecified atom stereocenters. The molecular formula is C63H39N5S. The van der Waals surface area contributed by atoms with Gasteiger partial charge in [-0.1, -0.05) is 194 Å². The third kappa shape index (κ3) is 6.27. The summed E-state index contributed by atoms with van der Waals surface area (Å²) in [5.41, 5.74) is 14.0. The van der Waals surface area contributed by atoms with Crippen LogP contribution >= 0.6 is 11.3 Å². The molecule has 0 bridgehead atoms. The number of nitrogens with zero attached hydrogens (tertiary/aromatic N) is 5. The van der Waals surface area contributed by atoms with E-state index in [4.69, 9.17) is 15.0 Å². The van der Waals surface area contributed by atoms with Gasteiger partial charge in [-0.2, -0.15) is 0 Å². The summed E-state index contributed by atoms with van der Waals surface area (Å²) in [6.45, 7) is 0. The number of hydrogen-bond donors (Lipinski definition) is 0. The van der Waals surface area contributed by atoms with Crippen molar-refractivity contribution in [2.75, 3.05) is 0 Å². The normalized spacial score (nSPS) is 11.8. The van der Waals surface area contributed by atoms with Crippen LogP contribution in [0.5, 0.6) is 0 Å². The van der Waals surface area contributed by atoms with Crippen LogP contribution in [-0.2, 0) is 0 Å². The molecule has 322 valence electrons. The lowest BCUT2D eigenvalue weighted by Gasteiger charge is -2.16. The largest absolute Gasteiger partial charge is 0.308 e. The van der Waals surface area contributed by atoms with Crippen molar-refractivity contribution in [2.24, 2.45) is 0 Å². The van der Waals surface area contributed by atoms with E-state index < -0.39 is 0 Å². The predicted molar refractivity (Wildman–Crippen MR) is 289 cm³/mol. The number of thiophene rings is 1. The Balaban J connectivity index is 1.04. The molecule has 14 aromatic rings. The first kappa shape index (κ1) is 39.2. The molecule has 0 saturated heterocycles. The second-order valence-electron chi connectivity index (χ2n) is 17.5. The maximum absolute atomic E-state index is 5.45. The molecule has 0 saturated carbocycles. The van der Waals surface area contributed by atoms with Gasteiger partial charge < -0.3 is 9.13 Å². The van der Waals surface area contributed by atoms with Crippen LogP contribution < -0.4 is 0 Å². The molecule has 5 nitrogen and oxygen atoms in total. The fraction of sp³-hybridized carbons (Fsp3) is 0. The van der Waals surface area contributed by atoms with E-state index in [2.05, 4.69) is 234 Å². The van der Waals surface area contributed by atoms with Crippen LogP contribution in [0, 0.1) is 0 Å². The minimum atomic E-state index is 0.599. The van der Waals surface area contributed by atoms with Gasteiger partial charge in [0, 0.05) is 54.7 Å². The van der Waals surface area contributed by atoms with E-state index in [1.54, 1.807) is 0 Å². The maximum Gasteiger partial charge on any atom is 0.166 e. The van der Waals surface area contributed by atoms with E-state index in [0.717, 1.165) is 61.4 Å². The van der Waals surface area contributed by atoms with Crippen molar-refractivity contribution in [1.29, 1.82) is 0 Å². The molecule has 0 fully saturated rings. The first-order valence-electron chi connectivity index (χ1n) is 23.3. The van der Waals surface area contributed by atoms with Crippen LogP contribution in [0.25, 0.3) is 132 Å². The smallest absolute Gasteiger partial charge is 0.166 e. The molecule has 0 radical (unpaired) electrons. The third-order valence-corrected chi connectivity index (χ3v) is 14.8. The molecule has 0 aliphatic heterocycles. The molecule has 0 aliphatic carbocycles. The van der Waals surface area contributed by atoms with Gasteiger partial charge in [0.2, 0.25) is 0 Å². The van der Waals surface area contributed by atoms with Crippen LogP contribution in [0.15, 0.2) is 237 Å². The van der Waals surface area contributed by atoms with Crippen molar-refractivity contribution in [3.8, 4) is 67.8 Å². The minimum absolute atomic E-state index is 0.599. The number of benzene rings is 10. The summed E-state index contributed by atoms with van der Waals surface area (Å²) in [7, 11) is 0. The maximum atomic E-state index is 5.45. The molecule has 0 aliphatic rings. The lowest BCUT2D eigenvalue weighted by atomic mass is 9.99. The molecule has 0 N–H and O–H groups in total. The van der Waals surface area contributed by atoms with Crippen molar-refractivity contribution < 1.29 is 0 Å². The predicted octanol–water partition coefficient (Wildman–Crippen LogP) is 16.8. The van der Waals surface area contributed by atoms with Gasteiger partial charge in [0.15, 0.2) is 17.5 Å². The summed E-state index contributed by atoms with van der Waals surface area (Å²) in [5.74, 6) is 1.82. The Hall–Kier alpha value is -8.97. The highest BCUT2D eigenvalue weighted by molar-refractivity contribution is 7.27. The monoisotopic (exact) mass is 897 g/mol. The Labute approximate surface area is 401 Å². The van der Waals surface area contributed by atoms with Crippen LogP contribution in [-0.4, -0.2) is 24.1 Å². The van der Waals surface area contributed by atoms with Crippen LogP contribution in [0.2, 0.25) is 0 Å². The van der Waals surface area contributed by atoms with Gasteiger partial charge in [0.1, 0.15) is 0 Å². The average molecular weight is 898 g/mol. The zero-order valence-electron chi connectivity index (χ0n) is 37.2. The molecule has 0 amide bonds. The minimum Gasteiger partial charge on any atom is -0.308 e. The van der Waals surface area contributed by atoms with E-state index in [-0.39, 0.29) is 0 Å². The van der Waals surface area contributed by atoms with Gasteiger partial charge in [-0.25, -0.2) is 15.0 Å². The summed E-state index contributed by atoms with van der Waals surface area (Å²) in [4.78, 5) is 16.2. The summed E-state index contributed by atoms with van der Waals surface area (Å²) in [6.07, 6.45) is 0. The van der Waals surface area contributed by atoms with Crippen molar-refractivity contribution in [3.63, 3.8) is 0 Å². The topological polar surface area (TPSA) is 48.5 Å². The van der Waals surface area contributed by atoms with E-state index in [1.165, 1.54) is 52.8 Å². The summed E-state index contributed by atoms with van der Waals surface area (Å²) >= 11 is 1.89. The molecule has 0 atom stereocenters. The third-order valence-electron chi connectivity index (χ3n) is 13.6. The second-order valence-corrected chi connectivity index (χ2v) is 18.5. The molecule has 6 heteroatoms. The lowest BCUT2D eigenvalue weighted by Crippen LogP contribution is -2.04. The van der Waals surface area contributed by atoms with Gasteiger partial charge in [0.25, 0.3) is 0 Å². The standard InChI is InChI=1S/C63H39N5S/c1-4-19-40(20-5-1)42-23-18-24-43(39-42)61-64-62(52-30-11-10-27-45(52)41-21-6-2-7-22-41)66-63(65-61)53-31-14-17-34-56(53)68-55-33-16-13-29-47(55)49-36-38-51-50-37-35-48-46-28-12-15-32-54(46)67(44-25-8-3-9-26-44)57(48)59(50)69-60(51)58(49)68/h1-39H. The Morgan fingerprint density at radius 3 is 1.43 bits per heavy atom. The van der Waals surface area contributed by atoms with E-state index in [1.807, 2.05) is 23.5 Å². The SMILES string of the molecule is c1ccc(-c2cccc(-c3nc(-c4ccccc4-c4ccccc4)nc(-c4ccccc4-n4c5ccccc5c5ccc6c7ccc8c9ccccc9n(-c9ccccc9)c8c7sc6c54)n3)c2)cc1. The van der Waals surface area contributed by atoms with Crippen molar-refractivity contribution in [2.45, 2.75) is 0 Å². The van der Waals surface area contributed by atoms with E-state index in [0.29, 0.717) is 17.5 Å². The Morgan fingerprint density at radius 2 is 0.754 bits per heavy atom. The zero-order valence-corrected chi connectivity index (χ0v) is 38.0. The Morgan fingerprint density at radius 1 is 0.290 bits per heavy atom. The van der Waals surface area contributed by atoms with Gasteiger partial charge in [0.05, 0.1) is 37.2 Å². The molecule has 4 aromatic heterocycles. The highest BCUT2D eigenvalue weighted by atomic mass is 32.1. The first-order chi connectivity index (χ1) is 34.2. The van der Waals surface area contributed by atoms with Gasteiger partial charge >= 0.3 is 0 Å². The van der Waals surface area contributed by atoms with E-state index >= 15 is 0 Å². The fourth-order valence-corrected chi connectivity index (χ4v) is 11.9. The molecular weight excluding hydrogens is 859 g/mol. The highest BCUT2D eigenvalue weighted by Crippen LogP contribution is 2.48. The lowest BCUT2D eigenvalue weighted by molar-refractivity contribution is 1.07. The molecule has 14 rings (SSSR count). The number of para-hydroxylation sites is 4. The Bertz CT molecular complexity index is 4300. The summed E-state index contributed by atoms with van der Waals surface area (Å²) in [5, 5.41) is 7.37. The summed E-state index contributed by atoms with van der Waals surface area (Å²) < 4.78 is 7.41. The first-order valence-corrected chi connectivity index (χ1v) is 24.1. The van der Waals surface area contributed by atoms with Gasteiger partial charge in [-0.05, 0) is 64.7 Å². The highest BCUT2D eigenvalue weighted by Gasteiger charge is 2.24. The van der Waals surface area contributed by atoms with Crippen molar-refractivity contribution >= 4 is 75.1 Å². The van der Waals surface area contributed by atoms with Crippen molar-refractivity contribution in [1.82, 2.24) is 24.1 Å². The van der Waals surface area contributed by atoms with Crippen molar-refractivity contribution in [3.05, 3.63) is 237 Å². The quantitative estimate of drug-likeness (QED) is 0.160. The fourth-order valence-electron chi connectivity index (χ4n) is 10.5. The molecule has 69 heavy (non-hydrogen) atoms. The Kier molecular flexibility index (Phi) is 9.00. The number of hydrogen-bond acceptors (Lipinski definition) is 4. The second kappa shape index (κ2) is 15.8. The van der Waals surface area contributed by atoms with E-state index in [9.17, 15) is 0 Å². The summed E-state index contributed by atoms with van der Waals surface area (Å²) in [6, 6.07) is 84.2. The zero-order chi connectivity index (χ0) is 45.4. The van der Waals surface area contributed by atoms with Gasteiger partial charge in [-0.3, -0.25) is 0 Å². The molecule has 10 aromatic carbocycles. The number of rotatable bonds is 7. The molecule has 0 spiro atoms. The average Bonchev–Trinajstić information content (AvgIpc) is 4.10. The molecule has 4 heterocycles.